The monoisotopic (exact) mass is 1060 g/mol. The Morgan fingerprint density at radius 1 is 0.213 bits per heavy atom. The van der Waals surface area contributed by atoms with Crippen molar-refractivity contribution in [3.8, 4) is 0 Å². The van der Waals surface area contributed by atoms with Crippen LogP contribution in [0.5, 0.6) is 0 Å². The van der Waals surface area contributed by atoms with Gasteiger partial charge in [0, 0.05) is 19.3 Å². The normalized spacial score (nSPS) is 11.9. The average Bonchev–Trinajstić information content (AvgIpc) is 3.41. The van der Waals surface area contributed by atoms with E-state index in [-0.39, 0.29) is 31.1 Å². The van der Waals surface area contributed by atoms with Crippen molar-refractivity contribution in [1.82, 2.24) is 0 Å². The van der Waals surface area contributed by atoms with Crippen LogP contribution in [0, 0.1) is 0 Å². The molecule has 0 spiro atoms. The minimum Gasteiger partial charge on any atom is -0.462 e. The highest BCUT2D eigenvalue weighted by Crippen LogP contribution is 2.19. The Balaban J connectivity index is 3.94. The molecule has 0 N–H and O–H groups in total. The van der Waals surface area contributed by atoms with E-state index < -0.39 is 6.10 Å². The predicted molar refractivity (Wildman–Crippen MR) is 326 cm³/mol. The molecule has 0 aromatic carbocycles. The van der Waals surface area contributed by atoms with Gasteiger partial charge in [0.15, 0.2) is 6.10 Å². The Hall–Kier alpha value is -1.59. The van der Waals surface area contributed by atoms with Crippen LogP contribution in [-0.2, 0) is 28.6 Å². The second kappa shape index (κ2) is 64.9. The van der Waals surface area contributed by atoms with E-state index in [0.717, 1.165) is 57.8 Å². The number of ether oxygens (including phenoxy) is 3. The summed E-state index contributed by atoms with van der Waals surface area (Å²) >= 11 is 0. The van der Waals surface area contributed by atoms with Gasteiger partial charge in [-0.2, -0.15) is 0 Å². The maximum Gasteiger partial charge on any atom is 0.306 e. The van der Waals surface area contributed by atoms with E-state index in [1.54, 1.807) is 0 Å². The Labute approximate surface area is 469 Å². The first kappa shape index (κ1) is 73.4. The molecule has 0 aromatic heterocycles. The molecule has 0 radical (unpaired) electrons. The lowest BCUT2D eigenvalue weighted by Crippen LogP contribution is -2.30. The van der Waals surface area contributed by atoms with E-state index in [1.165, 1.54) is 308 Å². The third kappa shape index (κ3) is 63.1. The molecule has 0 saturated heterocycles. The molecule has 6 nitrogen and oxygen atoms in total. The first-order valence-electron chi connectivity index (χ1n) is 34.5. The Kier molecular flexibility index (Phi) is 63.6. The Morgan fingerprint density at radius 3 is 0.533 bits per heavy atom. The fourth-order valence-electron chi connectivity index (χ4n) is 10.9. The third-order valence-electron chi connectivity index (χ3n) is 16.1. The zero-order valence-corrected chi connectivity index (χ0v) is 51.4. The highest BCUT2D eigenvalue weighted by molar-refractivity contribution is 5.71. The first-order valence-corrected chi connectivity index (χ1v) is 34.5. The second-order valence-electron chi connectivity index (χ2n) is 23.8. The number of carbonyl (C=O) groups is 3. The minimum absolute atomic E-state index is 0.0617. The van der Waals surface area contributed by atoms with Crippen LogP contribution in [0.15, 0.2) is 0 Å². The molecule has 0 saturated carbocycles. The molecule has 0 amide bonds. The maximum absolute atomic E-state index is 12.9. The predicted octanol–water partition coefficient (Wildman–Crippen LogP) is 23.5. The summed E-state index contributed by atoms with van der Waals surface area (Å²) in [6, 6.07) is 0. The van der Waals surface area contributed by atoms with Crippen LogP contribution in [0.3, 0.4) is 0 Å². The van der Waals surface area contributed by atoms with Gasteiger partial charge in [-0.05, 0) is 19.3 Å². The summed E-state index contributed by atoms with van der Waals surface area (Å²) in [7, 11) is 0. The van der Waals surface area contributed by atoms with Crippen LogP contribution in [-0.4, -0.2) is 37.2 Å². The van der Waals surface area contributed by atoms with Crippen molar-refractivity contribution in [2.45, 2.75) is 412 Å². The average molecular weight is 1060 g/mol. The van der Waals surface area contributed by atoms with Gasteiger partial charge in [0.25, 0.3) is 0 Å². The molecule has 6 heteroatoms. The molecule has 0 fully saturated rings. The summed E-state index contributed by atoms with van der Waals surface area (Å²) in [5.41, 5.74) is 0. The highest BCUT2D eigenvalue weighted by Gasteiger charge is 2.19. The fourth-order valence-corrected chi connectivity index (χ4v) is 10.9. The molecule has 0 heterocycles. The molecule has 75 heavy (non-hydrogen) atoms. The number of esters is 3. The Bertz CT molecular complexity index is 1120. The summed E-state index contributed by atoms with van der Waals surface area (Å²) in [6.07, 6.45) is 76.1. The lowest BCUT2D eigenvalue weighted by molar-refractivity contribution is -0.167. The van der Waals surface area contributed by atoms with Gasteiger partial charge in [-0.3, -0.25) is 14.4 Å². The summed E-state index contributed by atoms with van der Waals surface area (Å²) in [6.45, 7) is 6.67. The van der Waals surface area contributed by atoms with E-state index in [9.17, 15) is 14.4 Å². The van der Waals surface area contributed by atoms with Crippen molar-refractivity contribution in [2.75, 3.05) is 13.2 Å². The Morgan fingerprint density at radius 2 is 0.360 bits per heavy atom. The quantitative estimate of drug-likeness (QED) is 0.0343. The van der Waals surface area contributed by atoms with Crippen molar-refractivity contribution in [3.05, 3.63) is 0 Å². The molecule has 0 rings (SSSR count). The minimum atomic E-state index is -0.761. The van der Waals surface area contributed by atoms with Gasteiger partial charge in [0.1, 0.15) is 13.2 Å². The fraction of sp³-hybridized carbons (Fsp3) is 0.957. The van der Waals surface area contributed by atoms with Crippen LogP contribution >= 0.6 is 0 Å². The van der Waals surface area contributed by atoms with Crippen LogP contribution in [0.4, 0.5) is 0 Å². The van der Waals surface area contributed by atoms with Crippen LogP contribution in [0.2, 0.25) is 0 Å². The van der Waals surface area contributed by atoms with Crippen LogP contribution < -0.4 is 0 Å². The summed E-state index contributed by atoms with van der Waals surface area (Å²) in [4.78, 5) is 38.1. The van der Waals surface area contributed by atoms with Gasteiger partial charge in [-0.1, -0.05) is 367 Å². The number of rotatable bonds is 65. The smallest absolute Gasteiger partial charge is 0.306 e. The molecule has 1 unspecified atom stereocenters. The van der Waals surface area contributed by atoms with Gasteiger partial charge < -0.3 is 14.2 Å². The highest BCUT2D eigenvalue weighted by atomic mass is 16.6. The zero-order chi connectivity index (χ0) is 54.3. The number of hydrogen-bond donors (Lipinski definition) is 0. The number of unbranched alkanes of at least 4 members (excludes halogenated alkanes) is 54. The van der Waals surface area contributed by atoms with Crippen LogP contribution in [0.1, 0.15) is 406 Å². The van der Waals surface area contributed by atoms with Crippen LogP contribution in [0.25, 0.3) is 0 Å². The SMILES string of the molecule is CCCCCCCCCCCCCCCCCCCCCCCCCCCCCCCC(=O)OCC(COC(=O)CCCCCCCC)OC(=O)CCCCCCCCCCCCCCCCCCCCCCCC. The van der Waals surface area contributed by atoms with E-state index >= 15 is 0 Å². The number of carbonyl (C=O) groups excluding carboxylic acids is 3. The van der Waals surface area contributed by atoms with Gasteiger partial charge >= 0.3 is 17.9 Å². The molecule has 0 aromatic rings. The summed E-state index contributed by atoms with van der Waals surface area (Å²) in [5, 5.41) is 0. The maximum atomic E-state index is 12.9. The standard InChI is InChI=1S/C69H134O6/c1-4-7-10-13-16-18-20-22-24-26-28-30-32-33-34-35-36-37-38-40-41-43-45-47-49-51-53-56-59-62-68(71)74-65-66(64-73-67(70)61-58-55-15-12-9-6-3)75-69(72)63-60-57-54-52-50-48-46-44-42-39-31-29-27-25-23-21-19-17-14-11-8-5-2/h66H,4-65H2,1-3H3. The van der Waals surface area contributed by atoms with Gasteiger partial charge in [0.05, 0.1) is 0 Å². The van der Waals surface area contributed by atoms with E-state index in [0.29, 0.717) is 19.3 Å². The second-order valence-corrected chi connectivity index (χ2v) is 23.8. The number of hydrogen-bond acceptors (Lipinski definition) is 6. The van der Waals surface area contributed by atoms with Crippen molar-refractivity contribution in [3.63, 3.8) is 0 Å². The third-order valence-corrected chi connectivity index (χ3v) is 16.1. The lowest BCUT2D eigenvalue weighted by Gasteiger charge is -2.18. The molecule has 446 valence electrons. The van der Waals surface area contributed by atoms with E-state index in [1.807, 2.05) is 0 Å². The topological polar surface area (TPSA) is 78.9 Å². The largest absolute Gasteiger partial charge is 0.462 e. The summed E-state index contributed by atoms with van der Waals surface area (Å²) in [5.74, 6) is -0.838. The van der Waals surface area contributed by atoms with Crippen molar-refractivity contribution >= 4 is 17.9 Å². The molecular weight excluding hydrogens is 925 g/mol. The molecule has 0 aliphatic rings. The summed E-state index contributed by atoms with van der Waals surface area (Å²) < 4.78 is 16.9. The molecule has 0 aliphatic heterocycles. The van der Waals surface area contributed by atoms with Crippen molar-refractivity contribution in [2.24, 2.45) is 0 Å². The van der Waals surface area contributed by atoms with E-state index in [2.05, 4.69) is 20.8 Å². The lowest BCUT2D eigenvalue weighted by atomic mass is 10.0. The van der Waals surface area contributed by atoms with Crippen molar-refractivity contribution in [1.29, 1.82) is 0 Å². The van der Waals surface area contributed by atoms with Crippen molar-refractivity contribution < 1.29 is 28.6 Å². The van der Waals surface area contributed by atoms with E-state index in [4.69, 9.17) is 14.2 Å². The molecule has 1 atom stereocenters. The zero-order valence-electron chi connectivity index (χ0n) is 51.4. The molecule has 0 aliphatic carbocycles. The van der Waals surface area contributed by atoms with Gasteiger partial charge in [-0.15, -0.1) is 0 Å². The first-order chi connectivity index (χ1) is 37.0. The molecule has 0 bridgehead atoms. The van der Waals surface area contributed by atoms with Gasteiger partial charge in [-0.25, -0.2) is 0 Å². The molecular formula is C69H134O6. The van der Waals surface area contributed by atoms with Gasteiger partial charge in [0.2, 0.25) is 0 Å².